The predicted molar refractivity (Wildman–Crippen MR) is 88.9 cm³/mol. The number of thiocarbonyl (C=S) groups is 1. The van der Waals surface area contributed by atoms with Crippen LogP contribution in [0.2, 0.25) is 0 Å². The molecule has 2 aromatic rings. The fourth-order valence-corrected chi connectivity index (χ4v) is 1.85. The molecule has 0 atom stereocenters. The van der Waals surface area contributed by atoms with Crippen molar-refractivity contribution in [1.29, 1.82) is 0 Å². The van der Waals surface area contributed by atoms with Gasteiger partial charge >= 0.3 is 0 Å². The summed E-state index contributed by atoms with van der Waals surface area (Å²) in [6, 6.07) is 13.3. The molecule has 1 heterocycles. The first-order valence-electron chi connectivity index (χ1n) is 6.36. The average molecular weight is 300 g/mol. The molecule has 0 fully saturated rings. The Morgan fingerprint density at radius 2 is 2.05 bits per heavy atom. The Morgan fingerprint density at radius 3 is 2.81 bits per heavy atom. The quantitative estimate of drug-likeness (QED) is 0.516. The maximum Gasteiger partial charge on any atom is 0.192 e. The predicted octanol–water partition coefficient (Wildman–Crippen LogP) is 2.72. The fraction of sp³-hybridized carbons (Fsp3) is 0.133. The second-order valence-corrected chi connectivity index (χ2v) is 4.64. The smallest absolute Gasteiger partial charge is 0.192 e. The molecule has 0 aliphatic carbocycles. The zero-order valence-electron chi connectivity index (χ0n) is 11.8. The Hall–Kier alpha value is -2.47. The van der Waals surface area contributed by atoms with Crippen LogP contribution < -0.4 is 15.5 Å². The molecule has 0 saturated heterocycles. The van der Waals surface area contributed by atoms with Crippen molar-refractivity contribution in [2.75, 3.05) is 12.4 Å². The second-order valence-electron chi connectivity index (χ2n) is 4.23. The molecule has 0 spiro atoms. The van der Waals surface area contributed by atoms with E-state index >= 15 is 0 Å². The number of ether oxygens (including phenoxy) is 1. The molecule has 0 bridgehead atoms. The molecule has 2 N–H and O–H groups in total. The SMILES string of the molecule is COc1ccccc1C=NNC(=S)Nc1cccc(C)n1. The van der Waals surface area contributed by atoms with Gasteiger partial charge in [0.1, 0.15) is 11.6 Å². The van der Waals surface area contributed by atoms with Gasteiger partial charge in [0.05, 0.1) is 13.3 Å². The van der Waals surface area contributed by atoms with E-state index in [2.05, 4.69) is 20.8 Å². The summed E-state index contributed by atoms with van der Waals surface area (Å²) in [5.41, 5.74) is 4.53. The third kappa shape index (κ3) is 4.54. The van der Waals surface area contributed by atoms with Crippen molar-refractivity contribution in [3.63, 3.8) is 0 Å². The second kappa shape index (κ2) is 7.35. The van der Waals surface area contributed by atoms with Gasteiger partial charge in [-0.25, -0.2) is 4.98 Å². The van der Waals surface area contributed by atoms with Crippen molar-refractivity contribution in [1.82, 2.24) is 10.4 Å². The zero-order chi connectivity index (χ0) is 15.1. The first kappa shape index (κ1) is 14.9. The maximum atomic E-state index is 5.23. The van der Waals surface area contributed by atoms with Crippen LogP contribution in [0.15, 0.2) is 47.6 Å². The maximum absolute atomic E-state index is 5.23. The Morgan fingerprint density at radius 1 is 1.24 bits per heavy atom. The average Bonchev–Trinajstić information content (AvgIpc) is 2.47. The molecular weight excluding hydrogens is 284 g/mol. The van der Waals surface area contributed by atoms with E-state index < -0.39 is 0 Å². The van der Waals surface area contributed by atoms with Crippen LogP contribution >= 0.6 is 12.2 Å². The number of anilines is 1. The molecular formula is C15H16N4OS. The van der Waals surface area contributed by atoms with Crippen molar-refractivity contribution in [3.8, 4) is 5.75 Å². The molecule has 1 aromatic carbocycles. The third-order valence-corrected chi connectivity index (χ3v) is 2.83. The van der Waals surface area contributed by atoms with Crippen LogP contribution in [0.3, 0.4) is 0 Å². The lowest BCUT2D eigenvalue weighted by molar-refractivity contribution is 0.414. The van der Waals surface area contributed by atoms with Crippen LogP contribution in [0.5, 0.6) is 5.75 Å². The molecule has 6 heteroatoms. The van der Waals surface area contributed by atoms with E-state index in [1.165, 1.54) is 0 Å². The molecule has 0 amide bonds. The molecule has 5 nitrogen and oxygen atoms in total. The van der Waals surface area contributed by atoms with Gasteiger partial charge in [-0.05, 0) is 43.4 Å². The topological polar surface area (TPSA) is 58.5 Å². The number of aromatic nitrogens is 1. The minimum Gasteiger partial charge on any atom is -0.496 e. The number of para-hydroxylation sites is 1. The molecule has 0 radical (unpaired) electrons. The van der Waals surface area contributed by atoms with Gasteiger partial charge in [0.15, 0.2) is 5.11 Å². The van der Waals surface area contributed by atoms with Crippen molar-refractivity contribution < 1.29 is 4.74 Å². The Kier molecular flexibility index (Phi) is 5.22. The van der Waals surface area contributed by atoms with E-state index in [0.717, 1.165) is 17.0 Å². The molecule has 0 unspecified atom stereocenters. The van der Waals surface area contributed by atoms with Crippen molar-refractivity contribution in [2.24, 2.45) is 5.10 Å². The van der Waals surface area contributed by atoms with E-state index in [9.17, 15) is 0 Å². The van der Waals surface area contributed by atoms with Crippen LogP contribution in [-0.4, -0.2) is 23.4 Å². The molecule has 21 heavy (non-hydrogen) atoms. The van der Waals surface area contributed by atoms with Crippen molar-refractivity contribution in [2.45, 2.75) is 6.92 Å². The van der Waals surface area contributed by atoms with Crippen LogP contribution in [0.1, 0.15) is 11.3 Å². The van der Waals surface area contributed by atoms with E-state index in [0.29, 0.717) is 10.9 Å². The van der Waals surface area contributed by atoms with Gasteiger partial charge in [0.25, 0.3) is 0 Å². The summed E-state index contributed by atoms with van der Waals surface area (Å²) in [5.74, 6) is 1.43. The third-order valence-electron chi connectivity index (χ3n) is 2.64. The Labute approximate surface area is 129 Å². The number of aryl methyl sites for hydroxylation is 1. The molecule has 1 aromatic heterocycles. The van der Waals surface area contributed by atoms with Gasteiger partial charge < -0.3 is 10.1 Å². The fourth-order valence-electron chi connectivity index (χ4n) is 1.69. The summed E-state index contributed by atoms with van der Waals surface area (Å²) in [6.45, 7) is 1.92. The van der Waals surface area contributed by atoms with Crippen LogP contribution in [0.25, 0.3) is 0 Å². The Bertz CT molecular complexity index is 658. The van der Waals surface area contributed by atoms with Crippen molar-refractivity contribution in [3.05, 3.63) is 53.7 Å². The molecule has 2 rings (SSSR count). The highest BCUT2D eigenvalue weighted by Crippen LogP contribution is 2.14. The van der Waals surface area contributed by atoms with E-state index in [1.807, 2.05) is 49.4 Å². The summed E-state index contributed by atoms with van der Waals surface area (Å²) in [5, 5.41) is 7.42. The van der Waals surface area contributed by atoms with Gasteiger partial charge in [0, 0.05) is 11.3 Å². The zero-order valence-corrected chi connectivity index (χ0v) is 12.6. The summed E-state index contributed by atoms with van der Waals surface area (Å²) in [4.78, 5) is 4.30. The van der Waals surface area contributed by atoms with E-state index in [-0.39, 0.29) is 0 Å². The van der Waals surface area contributed by atoms with Gasteiger partial charge in [-0.2, -0.15) is 5.10 Å². The number of rotatable bonds is 4. The van der Waals surface area contributed by atoms with Gasteiger partial charge in [-0.3, -0.25) is 5.43 Å². The number of nitrogens with zero attached hydrogens (tertiary/aromatic N) is 2. The van der Waals surface area contributed by atoms with Crippen LogP contribution in [-0.2, 0) is 0 Å². The summed E-state index contributed by atoms with van der Waals surface area (Å²) in [7, 11) is 1.62. The molecule has 0 aliphatic rings. The highest BCUT2D eigenvalue weighted by Gasteiger charge is 1.99. The minimum absolute atomic E-state index is 0.374. The standard InChI is InChI=1S/C15H16N4OS/c1-11-6-5-9-14(17-11)18-15(21)19-16-10-12-7-3-4-8-13(12)20-2/h3-10H,1-2H3,(H2,17,18,19,21). The number of hydrazone groups is 1. The summed E-state index contributed by atoms with van der Waals surface area (Å²) < 4.78 is 5.23. The minimum atomic E-state index is 0.374. The number of pyridine rings is 1. The lowest BCUT2D eigenvalue weighted by Crippen LogP contribution is -2.24. The highest BCUT2D eigenvalue weighted by atomic mass is 32.1. The lowest BCUT2D eigenvalue weighted by Gasteiger charge is -2.07. The molecule has 0 saturated carbocycles. The molecule has 0 aliphatic heterocycles. The first-order chi connectivity index (χ1) is 10.2. The summed E-state index contributed by atoms with van der Waals surface area (Å²) in [6.07, 6.45) is 1.65. The van der Waals surface area contributed by atoms with E-state index in [1.54, 1.807) is 13.3 Å². The monoisotopic (exact) mass is 300 g/mol. The number of methoxy groups -OCH3 is 1. The first-order valence-corrected chi connectivity index (χ1v) is 6.76. The number of benzene rings is 1. The van der Waals surface area contributed by atoms with Gasteiger partial charge in [0.2, 0.25) is 0 Å². The van der Waals surface area contributed by atoms with Crippen LogP contribution in [0, 0.1) is 6.92 Å². The lowest BCUT2D eigenvalue weighted by atomic mass is 10.2. The van der Waals surface area contributed by atoms with Gasteiger partial charge in [-0.15, -0.1) is 0 Å². The van der Waals surface area contributed by atoms with Crippen LogP contribution in [0.4, 0.5) is 5.82 Å². The Balaban J connectivity index is 1.93. The number of hydrogen-bond acceptors (Lipinski definition) is 4. The van der Waals surface area contributed by atoms with E-state index in [4.69, 9.17) is 17.0 Å². The highest BCUT2D eigenvalue weighted by molar-refractivity contribution is 7.80. The van der Waals surface area contributed by atoms with Crippen molar-refractivity contribution >= 4 is 29.4 Å². The normalized spacial score (nSPS) is 10.4. The summed E-state index contributed by atoms with van der Waals surface area (Å²) >= 11 is 5.15. The molecule has 108 valence electrons. The van der Waals surface area contributed by atoms with Gasteiger partial charge in [-0.1, -0.05) is 18.2 Å². The number of hydrogen-bond donors (Lipinski definition) is 2. The number of nitrogens with one attached hydrogen (secondary N) is 2. The largest absolute Gasteiger partial charge is 0.496 e.